The summed E-state index contributed by atoms with van der Waals surface area (Å²) in [6, 6.07) is 3.04. The number of halogens is 1. The second-order valence-electron chi connectivity index (χ2n) is 5.94. The van der Waals surface area contributed by atoms with Crippen LogP contribution in [0.4, 0.5) is 0 Å². The van der Waals surface area contributed by atoms with Crippen molar-refractivity contribution in [1.29, 1.82) is 0 Å². The molecule has 7 nitrogen and oxygen atoms in total. The Kier molecular flexibility index (Phi) is 7.01. The zero-order chi connectivity index (χ0) is 20.1. The first-order chi connectivity index (χ1) is 12.9. The molecule has 0 radical (unpaired) electrons. The van der Waals surface area contributed by atoms with Crippen molar-refractivity contribution in [2.75, 3.05) is 42.0 Å². The SMILES string of the molecule is CCOC(=O)C1NC(=CN(C)C)C(c2ccc(OC)c(OC)c2OC)=C1Br. The van der Waals surface area contributed by atoms with Crippen LogP contribution in [0, 0.1) is 0 Å². The van der Waals surface area contributed by atoms with Crippen LogP contribution in [-0.4, -0.2) is 58.9 Å². The van der Waals surface area contributed by atoms with Crippen LogP contribution in [0.2, 0.25) is 0 Å². The average molecular weight is 441 g/mol. The van der Waals surface area contributed by atoms with E-state index in [2.05, 4.69) is 21.2 Å². The van der Waals surface area contributed by atoms with Crippen LogP contribution in [-0.2, 0) is 9.53 Å². The molecule has 1 atom stereocenters. The van der Waals surface area contributed by atoms with Gasteiger partial charge in [0.05, 0.1) is 33.6 Å². The third-order valence-electron chi connectivity index (χ3n) is 3.94. The molecule has 0 fully saturated rings. The van der Waals surface area contributed by atoms with Crippen LogP contribution in [0.1, 0.15) is 12.5 Å². The fourth-order valence-corrected chi connectivity index (χ4v) is 3.61. The Morgan fingerprint density at radius 3 is 2.37 bits per heavy atom. The van der Waals surface area contributed by atoms with E-state index in [4.69, 9.17) is 18.9 Å². The number of allylic oxidation sites excluding steroid dienone is 1. The minimum absolute atomic E-state index is 0.305. The van der Waals surface area contributed by atoms with E-state index in [1.165, 1.54) is 0 Å². The molecule has 0 amide bonds. The second kappa shape index (κ2) is 9.03. The van der Waals surface area contributed by atoms with E-state index in [1.807, 2.05) is 31.3 Å². The summed E-state index contributed by atoms with van der Waals surface area (Å²) in [5, 5.41) is 3.22. The summed E-state index contributed by atoms with van der Waals surface area (Å²) in [4.78, 5) is 14.3. The van der Waals surface area contributed by atoms with Gasteiger partial charge in [0.2, 0.25) is 5.75 Å². The molecular weight excluding hydrogens is 416 g/mol. The van der Waals surface area contributed by atoms with E-state index in [-0.39, 0.29) is 5.97 Å². The molecule has 0 saturated carbocycles. The molecule has 1 heterocycles. The highest BCUT2D eigenvalue weighted by molar-refractivity contribution is 9.12. The topological polar surface area (TPSA) is 69.3 Å². The van der Waals surface area contributed by atoms with E-state index < -0.39 is 6.04 Å². The summed E-state index contributed by atoms with van der Waals surface area (Å²) in [6.45, 7) is 2.08. The highest BCUT2D eigenvalue weighted by Gasteiger charge is 2.36. The number of nitrogens with one attached hydrogen (secondary N) is 1. The van der Waals surface area contributed by atoms with Crippen molar-refractivity contribution >= 4 is 27.5 Å². The van der Waals surface area contributed by atoms with Crippen LogP contribution < -0.4 is 19.5 Å². The van der Waals surface area contributed by atoms with Crippen molar-refractivity contribution in [1.82, 2.24) is 10.2 Å². The summed E-state index contributed by atoms with van der Waals surface area (Å²) in [7, 11) is 8.50. The Balaban J connectivity index is 2.69. The summed E-state index contributed by atoms with van der Waals surface area (Å²) in [5.74, 6) is 1.19. The summed E-state index contributed by atoms with van der Waals surface area (Å²) in [5.41, 5.74) is 2.31. The van der Waals surface area contributed by atoms with Crippen LogP contribution in [0.15, 0.2) is 28.5 Å². The smallest absolute Gasteiger partial charge is 0.333 e. The van der Waals surface area contributed by atoms with Crippen LogP contribution in [0.25, 0.3) is 5.57 Å². The van der Waals surface area contributed by atoms with Gasteiger partial charge in [-0.15, -0.1) is 0 Å². The molecule has 0 aromatic heterocycles. The van der Waals surface area contributed by atoms with Crippen molar-refractivity contribution in [3.8, 4) is 17.2 Å². The fraction of sp³-hybridized carbons (Fsp3) is 0.421. The Bertz CT molecular complexity index is 774. The van der Waals surface area contributed by atoms with Gasteiger partial charge in [-0.25, -0.2) is 4.79 Å². The van der Waals surface area contributed by atoms with E-state index in [0.29, 0.717) is 28.3 Å². The Hall–Kier alpha value is -2.35. The lowest BCUT2D eigenvalue weighted by molar-refractivity contribution is -0.144. The molecule has 0 bridgehead atoms. The minimum Gasteiger partial charge on any atom is -0.493 e. The van der Waals surface area contributed by atoms with Gasteiger partial charge in [0.15, 0.2) is 17.5 Å². The third kappa shape index (κ3) is 4.16. The lowest BCUT2D eigenvalue weighted by Crippen LogP contribution is -2.33. The second-order valence-corrected chi connectivity index (χ2v) is 6.79. The number of benzene rings is 1. The van der Waals surface area contributed by atoms with Gasteiger partial charge in [-0.1, -0.05) is 15.9 Å². The van der Waals surface area contributed by atoms with E-state index >= 15 is 0 Å². The average Bonchev–Trinajstić information content (AvgIpc) is 2.95. The number of nitrogens with zero attached hydrogens (tertiary/aromatic N) is 1. The molecule has 1 aliphatic rings. The van der Waals surface area contributed by atoms with Gasteiger partial charge < -0.3 is 29.2 Å². The number of carbonyl (C=O) groups excluding carboxylic acids is 1. The summed E-state index contributed by atoms with van der Waals surface area (Å²) in [6.07, 6.45) is 1.89. The molecule has 1 aromatic carbocycles. The Morgan fingerprint density at radius 1 is 1.19 bits per heavy atom. The monoisotopic (exact) mass is 440 g/mol. The molecule has 27 heavy (non-hydrogen) atoms. The molecule has 8 heteroatoms. The van der Waals surface area contributed by atoms with Gasteiger partial charge in [-0.05, 0) is 19.1 Å². The largest absolute Gasteiger partial charge is 0.493 e. The highest BCUT2D eigenvalue weighted by atomic mass is 79.9. The normalized spacial score (nSPS) is 17.6. The van der Waals surface area contributed by atoms with Crippen LogP contribution >= 0.6 is 15.9 Å². The quantitative estimate of drug-likeness (QED) is 0.653. The Morgan fingerprint density at radius 2 is 1.85 bits per heavy atom. The lowest BCUT2D eigenvalue weighted by atomic mass is 10.0. The van der Waals surface area contributed by atoms with E-state index in [1.54, 1.807) is 34.3 Å². The Labute approximate surface area is 168 Å². The van der Waals surface area contributed by atoms with Crippen molar-refractivity contribution in [3.63, 3.8) is 0 Å². The number of carbonyl (C=O) groups is 1. The molecule has 0 aliphatic carbocycles. The van der Waals surface area contributed by atoms with Gasteiger partial charge in [-0.2, -0.15) is 0 Å². The minimum atomic E-state index is -0.635. The maximum absolute atomic E-state index is 12.4. The first kappa shape index (κ1) is 21.0. The highest BCUT2D eigenvalue weighted by Crippen LogP contribution is 2.47. The predicted octanol–water partition coefficient (Wildman–Crippen LogP) is 2.76. The molecule has 1 unspecified atom stereocenters. The first-order valence-corrected chi connectivity index (χ1v) is 9.19. The van der Waals surface area contributed by atoms with E-state index in [0.717, 1.165) is 16.8 Å². The first-order valence-electron chi connectivity index (χ1n) is 8.40. The zero-order valence-electron chi connectivity index (χ0n) is 16.4. The predicted molar refractivity (Wildman–Crippen MR) is 107 cm³/mol. The summed E-state index contributed by atoms with van der Waals surface area (Å²) >= 11 is 3.58. The summed E-state index contributed by atoms with van der Waals surface area (Å²) < 4.78 is 22.3. The number of hydrogen-bond acceptors (Lipinski definition) is 7. The van der Waals surface area contributed by atoms with E-state index in [9.17, 15) is 4.79 Å². The molecule has 0 spiro atoms. The molecule has 148 valence electrons. The molecular formula is C19H25BrN2O5. The van der Waals surface area contributed by atoms with Gasteiger partial charge in [-0.3, -0.25) is 0 Å². The van der Waals surface area contributed by atoms with Gasteiger partial charge in [0.1, 0.15) is 0 Å². The van der Waals surface area contributed by atoms with Crippen molar-refractivity contribution < 1.29 is 23.7 Å². The fourth-order valence-electron chi connectivity index (χ4n) is 2.88. The lowest BCUT2D eigenvalue weighted by Gasteiger charge is -2.18. The number of rotatable bonds is 7. The molecule has 1 aliphatic heterocycles. The zero-order valence-corrected chi connectivity index (χ0v) is 18.0. The molecule has 0 saturated heterocycles. The van der Waals surface area contributed by atoms with Gasteiger partial charge >= 0.3 is 5.97 Å². The number of methoxy groups -OCH3 is 3. The third-order valence-corrected chi connectivity index (χ3v) is 4.80. The number of hydrogen-bond donors (Lipinski definition) is 1. The maximum Gasteiger partial charge on any atom is 0.333 e. The number of ether oxygens (including phenoxy) is 4. The van der Waals surface area contributed by atoms with Crippen molar-refractivity contribution in [2.45, 2.75) is 13.0 Å². The maximum atomic E-state index is 12.4. The van der Waals surface area contributed by atoms with Crippen LogP contribution in [0.5, 0.6) is 17.2 Å². The van der Waals surface area contributed by atoms with Crippen molar-refractivity contribution in [2.24, 2.45) is 0 Å². The molecule has 1 N–H and O–H groups in total. The van der Waals surface area contributed by atoms with Gasteiger partial charge in [0.25, 0.3) is 0 Å². The van der Waals surface area contributed by atoms with Crippen molar-refractivity contribution in [3.05, 3.63) is 34.1 Å². The standard InChI is InChI=1S/C19H25BrN2O5/c1-7-27-19(23)16-15(20)14(12(21-16)10-22(2)3)11-8-9-13(24-4)18(26-6)17(11)25-5/h8-10,16,21H,7H2,1-6H3. The van der Waals surface area contributed by atoms with Gasteiger partial charge in [0, 0.05) is 35.9 Å². The molecule has 2 rings (SSSR count). The van der Waals surface area contributed by atoms with Crippen LogP contribution in [0.3, 0.4) is 0 Å². The molecule has 1 aromatic rings. The number of esters is 1.